The lowest BCUT2D eigenvalue weighted by atomic mass is 9.94. The van der Waals surface area contributed by atoms with Gasteiger partial charge < -0.3 is 20.4 Å². The van der Waals surface area contributed by atoms with Gasteiger partial charge in [0.1, 0.15) is 0 Å². The highest BCUT2D eigenvalue weighted by Gasteiger charge is 2.19. The van der Waals surface area contributed by atoms with E-state index in [2.05, 4.69) is 0 Å². The first-order valence-electron chi connectivity index (χ1n) is 7.18. The first-order valence-corrected chi connectivity index (χ1v) is 7.18. The van der Waals surface area contributed by atoms with Crippen molar-refractivity contribution in [3.63, 3.8) is 0 Å². The highest BCUT2D eigenvalue weighted by molar-refractivity contribution is 6.13. The molecule has 0 heterocycles. The molecule has 8 nitrogen and oxygen atoms in total. The maximum atomic E-state index is 11.5. The Hall–Kier alpha value is -3.94. The highest BCUT2D eigenvalue weighted by atomic mass is 16.4. The highest BCUT2D eigenvalue weighted by Crippen LogP contribution is 2.29. The van der Waals surface area contributed by atoms with Crippen molar-refractivity contribution in [3.8, 4) is 0 Å². The van der Waals surface area contributed by atoms with Crippen LogP contribution in [0.25, 0.3) is 21.5 Å². The van der Waals surface area contributed by atoms with Gasteiger partial charge >= 0.3 is 23.9 Å². The fraction of sp³-hybridized carbons (Fsp3) is 0. The molecule has 0 aliphatic heterocycles. The number of hydrogen-bond donors (Lipinski definition) is 4. The van der Waals surface area contributed by atoms with Gasteiger partial charge in [0.15, 0.2) is 0 Å². The molecule has 26 heavy (non-hydrogen) atoms. The molecule has 0 spiro atoms. The molecule has 0 radical (unpaired) electrons. The van der Waals surface area contributed by atoms with Crippen LogP contribution in [0.5, 0.6) is 0 Å². The molecule has 3 aromatic rings. The van der Waals surface area contributed by atoms with Crippen molar-refractivity contribution < 1.29 is 39.6 Å². The zero-order valence-corrected chi connectivity index (χ0v) is 12.9. The van der Waals surface area contributed by atoms with E-state index < -0.39 is 35.0 Å². The van der Waals surface area contributed by atoms with E-state index in [1.165, 1.54) is 18.2 Å². The van der Waals surface area contributed by atoms with E-state index in [0.29, 0.717) is 10.8 Å². The molecule has 0 unspecified atom stereocenters. The van der Waals surface area contributed by atoms with Crippen molar-refractivity contribution in [2.45, 2.75) is 0 Å². The zero-order chi connectivity index (χ0) is 19.2. The van der Waals surface area contributed by atoms with E-state index in [-0.39, 0.29) is 21.9 Å². The lowest BCUT2D eigenvalue weighted by Gasteiger charge is -2.10. The second-order valence-electron chi connectivity index (χ2n) is 5.56. The average molecular weight is 354 g/mol. The van der Waals surface area contributed by atoms with Crippen LogP contribution in [-0.4, -0.2) is 44.3 Å². The summed E-state index contributed by atoms with van der Waals surface area (Å²) in [7, 11) is 0. The summed E-state index contributed by atoms with van der Waals surface area (Å²) in [5.41, 5.74) is -1.32. The van der Waals surface area contributed by atoms with Gasteiger partial charge in [0.25, 0.3) is 0 Å². The molecule has 0 fully saturated rings. The Morgan fingerprint density at radius 1 is 0.500 bits per heavy atom. The van der Waals surface area contributed by atoms with E-state index in [0.717, 1.165) is 18.2 Å². The molecule has 0 bridgehead atoms. The number of carboxylic acids is 4. The van der Waals surface area contributed by atoms with Crippen molar-refractivity contribution in [2.75, 3.05) is 0 Å². The summed E-state index contributed by atoms with van der Waals surface area (Å²) in [6.45, 7) is 0. The van der Waals surface area contributed by atoms with Crippen LogP contribution in [0.1, 0.15) is 41.4 Å². The van der Waals surface area contributed by atoms with Gasteiger partial charge in [-0.2, -0.15) is 0 Å². The van der Waals surface area contributed by atoms with Crippen molar-refractivity contribution in [1.82, 2.24) is 0 Å². The summed E-state index contributed by atoms with van der Waals surface area (Å²) in [6, 6.07) is 7.43. The second-order valence-corrected chi connectivity index (χ2v) is 5.56. The number of hydrogen-bond acceptors (Lipinski definition) is 4. The largest absolute Gasteiger partial charge is 0.478 e. The smallest absolute Gasteiger partial charge is 0.336 e. The Bertz CT molecular complexity index is 1140. The second kappa shape index (κ2) is 5.85. The van der Waals surface area contributed by atoms with Crippen molar-refractivity contribution in [2.24, 2.45) is 0 Å². The Morgan fingerprint density at radius 3 is 1.46 bits per heavy atom. The molecule has 4 N–H and O–H groups in total. The summed E-state index contributed by atoms with van der Waals surface area (Å²) in [6.07, 6.45) is 0. The van der Waals surface area contributed by atoms with Crippen molar-refractivity contribution in [3.05, 3.63) is 58.7 Å². The fourth-order valence-electron chi connectivity index (χ4n) is 2.82. The third-order valence-electron chi connectivity index (χ3n) is 3.98. The number of fused-ring (bicyclic) bond motifs is 2. The Morgan fingerprint density at radius 2 is 1.00 bits per heavy atom. The molecular weight excluding hydrogens is 344 g/mol. The van der Waals surface area contributed by atoms with Crippen LogP contribution in [0.4, 0.5) is 0 Å². The lowest BCUT2D eigenvalue weighted by Crippen LogP contribution is -2.08. The van der Waals surface area contributed by atoms with Gasteiger partial charge in [0.2, 0.25) is 0 Å². The molecule has 0 aliphatic rings. The molecule has 130 valence electrons. The molecule has 0 amide bonds. The van der Waals surface area contributed by atoms with Crippen LogP contribution >= 0.6 is 0 Å². The van der Waals surface area contributed by atoms with Gasteiger partial charge in [0.05, 0.1) is 22.3 Å². The van der Waals surface area contributed by atoms with Crippen LogP contribution < -0.4 is 0 Å². The molecule has 0 aromatic heterocycles. The normalized spacial score (nSPS) is 10.8. The molecule has 0 saturated carbocycles. The molecule has 0 saturated heterocycles. The fourth-order valence-corrected chi connectivity index (χ4v) is 2.82. The van der Waals surface area contributed by atoms with Gasteiger partial charge in [0, 0.05) is 0 Å². The summed E-state index contributed by atoms with van der Waals surface area (Å²) < 4.78 is 0. The monoisotopic (exact) mass is 354 g/mol. The minimum Gasteiger partial charge on any atom is -0.478 e. The van der Waals surface area contributed by atoms with E-state index in [9.17, 15) is 34.5 Å². The minimum absolute atomic E-state index is 0.217. The maximum absolute atomic E-state index is 11.5. The van der Waals surface area contributed by atoms with Gasteiger partial charge in [-0.25, -0.2) is 19.2 Å². The standard InChI is InChI=1S/C18H10O8/c19-15(20)10-2-9-1-7-4-13(17(23)24)14(18(25)26)5-8(7)3-11(9)12(6-10)16(21)22/h1-6H,(H,19,20)(H,21,22)(H,23,24)(H,25,26). The number of aromatic carboxylic acids is 4. The van der Waals surface area contributed by atoms with Crippen LogP contribution in [0, 0.1) is 0 Å². The molecule has 8 heteroatoms. The summed E-state index contributed by atoms with van der Waals surface area (Å²) in [5, 5.41) is 38.1. The molecule has 3 rings (SSSR count). The van der Waals surface area contributed by atoms with Gasteiger partial charge in [-0.15, -0.1) is 0 Å². The third-order valence-corrected chi connectivity index (χ3v) is 3.98. The summed E-state index contributed by atoms with van der Waals surface area (Å²) >= 11 is 0. The Kier molecular flexibility index (Phi) is 3.80. The van der Waals surface area contributed by atoms with Crippen molar-refractivity contribution in [1.29, 1.82) is 0 Å². The molecular formula is C18H10O8. The predicted molar refractivity (Wildman–Crippen MR) is 89.3 cm³/mol. The van der Waals surface area contributed by atoms with Crippen LogP contribution in [0.2, 0.25) is 0 Å². The average Bonchev–Trinajstić information content (AvgIpc) is 2.57. The van der Waals surface area contributed by atoms with E-state index in [1.54, 1.807) is 0 Å². The Balaban J connectivity index is 2.45. The molecule has 0 aliphatic carbocycles. The van der Waals surface area contributed by atoms with Gasteiger partial charge in [-0.3, -0.25) is 0 Å². The van der Waals surface area contributed by atoms with E-state index >= 15 is 0 Å². The number of carboxylic acid groups (broad SMARTS) is 4. The maximum Gasteiger partial charge on any atom is 0.336 e. The number of benzene rings is 3. The topological polar surface area (TPSA) is 149 Å². The number of rotatable bonds is 4. The molecule has 0 atom stereocenters. The summed E-state index contributed by atoms with van der Waals surface area (Å²) in [5.74, 6) is -5.49. The first-order chi connectivity index (χ1) is 12.2. The van der Waals surface area contributed by atoms with Crippen LogP contribution in [0.15, 0.2) is 36.4 Å². The third kappa shape index (κ3) is 2.69. The number of carbonyl (C=O) groups is 4. The summed E-state index contributed by atoms with van der Waals surface area (Å²) in [4.78, 5) is 45.3. The first kappa shape index (κ1) is 16.9. The molecule has 3 aromatic carbocycles. The van der Waals surface area contributed by atoms with Gasteiger partial charge in [-0.1, -0.05) is 0 Å². The SMILES string of the molecule is O=C(O)c1cc(C(=O)O)c2cc3cc(C(=O)O)c(C(=O)O)cc3cc2c1. The zero-order valence-electron chi connectivity index (χ0n) is 12.9. The van der Waals surface area contributed by atoms with E-state index in [4.69, 9.17) is 5.11 Å². The lowest BCUT2D eigenvalue weighted by molar-refractivity contribution is 0.0652. The van der Waals surface area contributed by atoms with Gasteiger partial charge in [-0.05, 0) is 57.9 Å². The van der Waals surface area contributed by atoms with Crippen molar-refractivity contribution >= 4 is 45.4 Å². The predicted octanol–water partition coefficient (Wildman–Crippen LogP) is 2.79. The minimum atomic E-state index is -1.43. The van der Waals surface area contributed by atoms with E-state index in [1.807, 2.05) is 0 Å². The Labute approximate surface area is 144 Å². The van der Waals surface area contributed by atoms with Crippen LogP contribution in [0.3, 0.4) is 0 Å². The van der Waals surface area contributed by atoms with Crippen LogP contribution in [-0.2, 0) is 0 Å². The quantitative estimate of drug-likeness (QED) is 0.522.